The number of carboxylic acid groups (broad SMARTS) is 1. The third kappa shape index (κ3) is 6.60. The lowest BCUT2D eigenvalue weighted by atomic mass is 10.1. The van der Waals surface area contributed by atoms with Gasteiger partial charge in [0.25, 0.3) is 0 Å². The number of carbonyl (C=O) groups excluding carboxylic acids is 1. The average Bonchev–Trinajstić information content (AvgIpc) is 3.17. The van der Waals surface area contributed by atoms with Crippen LogP contribution in [-0.4, -0.2) is 59.9 Å². The molecule has 0 saturated heterocycles. The van der Waals surface area contributed by atoms with Crippen molar-refractivity contribution in [3.05, 3.63) is 70.8 Å². The Bertz CT molecular complexity index is 1070. The molecule has 2 aromatic heterocycles. The predicted octanol–water partition coefficient (Wildman–Crippen LogP) is 1.79. The van der Waals surface area contributed by atoms with Crippen molar-refractivity contribution in [2.24, 2.45) is 0 Å². The minimum Gasteiger partial charge on any atom is -0.475 e. The number of ketones is 1. The number of carbonyl (C=O) groups is 2. The van der Waals surface area contributed by atoms with Crippen LogP contribution in [0.4, 0.5) is 22.0 Å². The molecule has 9 nitrogen and oxygen atoms in total. The van der Waals surface area contributed by atoms with E-state index in [-0.39, 0.29) is 17.7 Å². The molecule has 0 fully saturated rings. The number of pyridine rings is 1. The van der Waals surface area contributed by atoms with Crippen molar-refractivity contribution in [3.8, 4) is 0 Å². The van der Waals surface area contributed by atoms with E-state index in [1.807, 2.05) is 6.07 Å². The Hall–Kier alpha value is -3.81. The summed E-state index contributed by atoms with van der Waals surface area (Å²) in [5, 5.41) is 27.1. The van der Waals surface area contributed by atoms with Crippen LogP contribution < -0.4 is 0 Å². The van der Waals surface area contributed by atoms with Crippen molar-refractivity contribution in [2.45, 2.75) is 19.1 Å². The molecule has 170 valence electrons. The molecule has 0 aliphatic carbocycles. The topological polar surface area (TPSA) is 131 Å². The third-order valence-electron chi connectivity index (χ3n) is 3.83. The first kappa shape index (κ1) is 24.5. The first-order chi connectivity index (χ1) is 15.0. The van der Waals surface area contributed by atoms with Crippen molar-refractivity contribution in [2.75, 3.05) is 6.61 Å². The van der Waals surface area contributed by atoms with Gasteiger partial charge in [0.15, 0.2) is 11.6 Å². The summed E-state index contributed by atoms with van der Waals surface area (Å²) in [7, 11) is 0. The number of carboxylic acids is 1. The van der Waals surface area contributed by atoms with E-state index in [1.54, 1.807) is 18.3 Å². The molecule has 32 heavy (non-hydrogen) atoms. The summed E-state index contributed by atoms with van der Waals surface area (Å²) >= 11 is 0. The van der Waals surface area contributed by atoms with Crippen LogP contribution in [0.1, 0.15) is 27.4 Å². The average molecular weight is 459 g/mol. The van der Waals surface area contributed by atoms with Gasteiger partial charge in [0.1, 0.15) is 18.2 Å². The minimum absolute atomic E-state index is 0.230. The second-order valence-corrected chi connectivity index (χ2v) is 6.05. The SMILES string of the molecule is O=C(CO)c1cc(F)c(Cn2nnnc2Cc2ccccn2)c(F)c1.O=C(O)C(F)(F)F. The van der Waals surface area contributed by atoms with Crippen molar-refractivity contribution in [1.29, 1.82) is 0 Å². The predicted molar refractivity (Wildman–Crippen MR) is 95.4 cm³/mol. The highest BCUT2D eigenvalue weighted by atomic mass is 19.4. The van der Waals surface area contributed by atoms with Crippen LogP contribution in [0.15, 0.2) is 36.5 Å². The quantitative estimate of drug-likeness (QED) is 0.422. The van der Waals surface area contributed by atoms with Gasteiger partial charge in [0.05, 0.1) is 13.0 Å². The number of aliphatic hydroxyl groups is 1. The molecule has 2 heterocycles. The van der Waals surface area contributed by atoms with Gasteiger partial charge in [-0.15, -0.1) is 5.10 Å². The fraction of sp³-hybridized carbons (Fsp3) is 0.222. The monoisotopic (exact) mass is 459 g/mol. The van der Waals surface area contributed by atoms with Crippen LogP contribution >= 0.6 is 0 Å². The van der Waals surface area contributed by atoms with Crippen LogP contribution in [-0.2, 0) is 17.8 Å². The van der Waals surface area contributed by atoms with Gasteiger partial charge in [-0.2, -0.15) is 13.2 Å². The smallest absolute Gasteiger partial charge is 0.475 e. The molecule has 3 rings (SSSR count). The Morgan fingerprint density at radius 3 is 2.22 bits per heavy atom. The van der Waals surface area contributed by atoms with E-state index in [0.29, 0.717) is 17.9 Å². The van der Waals surface area contributed by atoms with Crippen LogP contribution in [0, 0.1) is 11.6 Å². The van der Waals surface area contributed by atoms with Crippen LogP contribution in [0.25, 0.3) is 0 Å². The highest BCUT2D eigenvalue weighted by molar-refractivity contribution is 5.97. The molecule has 3 aromatic rings. The fourth-order valence-electron chi connectivity index (χ4n) is 2.29. The van der Waals surface area contributed by atoms with E-state index in [0.717, 1.165) is 12.1 Å². The largest absolute Gasteiger partial charge is 0.490 e. The molecular weight excluding hydrogens is 445 g/mol. The lowest BCUT2D eigenvalue weighted by Crippen LogP contribution is -2.21. The molecule has 0 bridgehead atoms. The van der Waals surface area contributed by atoms with Crippen molar-refractivity contribution >= 4 is 11.8 Å². The van der Waals surface area contributed by atoms with E-state index in [9.17, 15) is 26.7 Å². The van der Waals surface area contributed by atoms with Crippen LogP contribution in [0.2, 0.25) is 0 Å². The highest BCUT2D eigenvalue weighted by Gasteiger charge is 2.38. The number of hydrogen-bond acceptors (Lipinski definition) is 7. The molecule has 0 radical (unpaired) electrons. The number of rotatable bonds is 6. The van der Waals surface area contributed by atoms with E-state index < -0.39 is 36.2 Å². The normalized spacial score (nSPS) is 10.9. The molecule has 0 unspecified atom stereocenters. The Balaban J connectivity index is 0.000000451. The molecule has 0 spiro atoms. The summed E-state index contributed by atoms with van der Waals surface area (Å²) in [5.41, 5.74) is 0.208. The zero-order chi connectivity index (χ0) is 23.9. The van der Waals surface area contributed by atoms with E-state index in [2.05, 4.69) is 20.5 Å². The number of alkyl halides is 3. The number of halogens is 5. The Kier molecular flexibility index (Phi) is 8.01. The van der Waals surface area contributed by atoms with E-state index in [1.165, 1.54) is 4.68 Å². The maximum absolute atomic E-state index is 14.2. The summed E-state index contributed by atoms with van der Waals surface area (Å²) < 4.78 is 61.4. The highest BCUT2D eigenvalue weighted by Crippen LogP contribution is 2.18. The van der Waals surface area contributed by atoms with Gasteiger partial charge in [-0.05, 0) is 34.7 Å². The summed E-state index contributed by atoms with van der Waals surface area (Å²) in [6, 6.07) is 7.15. The van der Waals surface area contributed by atoms with Crippen LogP contribution in [0.5, 0.6) is 0 Å². The van der Waals surface area contributed by atoms with Gasteiger partial charge in [0.2, 0.25) is 0 Å². The molecule has 0 aliphatic heterocycles. The number of hydrogen-bond donors (Lipinski definition) is 2. The number of aromatic nitrogens is 5. The number of benzene rings is 1. The third-order valence-corrected chi connectivity index (χ3v) is 3.83. The summed E-state index contributed by atoms with van der Waals surface area (Å²) in [5.74, 6) is -4.93. The number of Topliss-reactive ketones (excluding diaryl/α,β-unsaturated/α-hetero) is 1. The number of aliphatic carboxylic acids is 1. The number of tetrazole rings is 1. The van der Waals surface area contributed by atoms with Gasteiger partial charge < -0.3 is 10.2 Å². The Morgan fingerprint density at radius 2 is 1.72 bits per heavy atom. The molecule has 0 atom stereocenters. The second-order valence-electron chi connectivity index (χ2n) is 6.05. The van der Waals surface area contributed by atoms with Gasteiger partial charge >= 0.3 is 12.1 Å². The molecule has 0 amide bonds. The van der Waals surface area contributed by atoms with Gasteiger partial charge in [-0.1, -0.05) is 6.07 Å². The summed E-state index contributed by atoms with van der Waals surface area (Å²) in [6.45, 7) is -1.06. The molecule has 0 saturated carbocycles. The zero-order valence-electron chi connectivity index (χ0n) is 15.9. The standard InChI is InChI=1S/C16H13F2N5O2.C2HF3O2/c17-13-5-10(15(25)9-24)6-14(18)12(13)8-23-16(20-21-22-23)7-11-3-1-2-4-19-11;3-2(4,5)1(6)7/h1-6,24H,7-9H2;(H,6,7). The maximum atomic E-state index is 14.2. The zero-order valence-corrected chi connectivity index (χ0v) is 15.9. The van der Waals surface area contributed by atoms with E-state index >= 15 is 0 Å². The van der Waals surface area contributed by atoms with Gasteiger partial charge in [0, 0.05) is 23.0 Å². The van der Waals surface area contributed by atoms with Gasteiger partial charge in [-0.3, -0.25) is 9.78 Å². The number of nitrogens with zero attached hydrogens (tertiary/aromatic N) is 5. The van der Waals surface area contributed by atoms with E-state index in [4.69, 9.17) is 15.0 Å². The first-order valence-corrected chi connectivity index (χ1v) is 8.60. The first-order valence-electron chi connectivity index (χ1n) is 8.60. The van der Waals surface area contributed by atoms with Crippen molar-refractivity contribution in [3.63, 3.8) is 0 Å². The molecule has 0 aliphatic rings. The molecule has 1 aromatic carbocycles. The van der Waals surface area contributed by atoms with Crippen LogP contribution in [0.3, 0.4) is 0 Å². The maximum Gasteiger partial charge on any atom is 0.490 e. The summed E-state index contributed by atoms with van der Waals surface area (Å²) in [4.78, 5) is 24.4. The van der Waals surface area contributed by atoms with Crippen molar-refractivity contribution in [1.82, 2.24) is 25.2 Å². The molecule has 2 N–H and O–H groups in total. The fourth-order valence-corrected chi connectivity index (χ4v) is 2.29. The Labute approximate surface area is 176 Å². The summed E-state index contributed by atoms with van der Waals surface area (Å²) in [6.07, 6.45) is -3.15. The number of aliphatic hydroxyl groups excluding tert-OH is 1. The lowest BCUT2D eigenvalue weighted by molar-refractivity contribution is -0.192. The lowest BCUT2D eigenvalue weighted by Gasteiger charge is -2.09. The minimum atomic E-state index is -5.08. The molecular formula is C18H14F5N5O4. The van der Waals surface area contributed by atoms with Crippen molar-refractivity contribution < 1.29 is 41.8 Å². The molecule has 14 heteroatoms. The van der Waals surface area contributed by atoms with Gasteiger partial charge in [-0.25, -0.2) is 18.3 Å². The second kappa shape index (κ2) is 10.5. The Morgan fingerprint density at radius 1 is 1.09 bits per heavy atom.